The van der Waals surface area contributed by atoms with Gasteiger partial charge in [-0.15, -0.1) is 0 Å². The molecule has 2 heterocycles. The van der Waals surface area contributed by atoms with Gasteiger partial charge in [0, 0.05) is 35.2 Å². The molecule has 0 amide bonds. The summed E-state index contributed by atoms with van der Waals surface area (Å²) in [7, 11) is 0. The summed E-state index contributed by atoms with van der Waals surface area (Å²) in [6.45, 7) is 13.7. The Morgan fingerprint density at radius 3 is 2.52 bits per heavy atom. The molecule has 1 aliphatic rings. The number of carbonyl (C=O) groups excluding carboxylic acids is 1. The smallest absolute Gasteiger partial charge is 0.175 e. The van der Waals surface area contributed by atoms with E-state index in [4.69, 9.17) is 0 Å². The van der Waals surface area contributed by atoms with Gasteiger partial charge in [-0.25, -0.2) is 4.98 Å². The second-order valence-electron chi connectivity index (χ2n) is 7.67. The molecule has 0 bridgehead atoms. The summed E-state index contributed by atoms with van der Waals surface area (Å²) in [5, 5.41) is 0.966. The summed E-state index contributed by atoms with van der Waals surface area (Å²) >= 11 is 1.57. The lowest BCUT2D eigenvalue weighted by Crippen LogP contribution is -2.10. The van der Waals surface area contributed by atoms with Crippen molar-refractivity contribution in [1.82, 2.24) is 14.1 Å². The van der Waals surface area contributed by atoms with E-state index < -0.39 is 0 Å². The standard InChI is InChI=1S/C20H29N3OS/c1-12(2)10-22-15(5)14(4)21-20(22)25-11-19(24)18-9-13(3)23(16(18)6)17-7-8-17/h9,12,17H,7-8,10-11H2,1-6H3. The highest BCUT2D eigenvalue weighted by Crippen LogP contribution is 2.38. The van der Waals surface area contributed by atoms with E-state index in [1.165, 1.54) is 24.2 Å². The number of carbonyl (C=O) groups is 1. The Labute approximate surface area is 155 Å². The normalized spacial score (nSPS) is 14.5. The Kier molecular flexibility index (Phi) is 5.14. The number of hydrogen-bond acceptors (Lipinski definition) is 3. The van der Waals surface area contributed by atoms with E-state index in [9.17, 15) is 4.79 Å². The number of thioether (sulfide) groups is 1. The van der Waals surface area contributed by atoms with Crippen molar-refractivity contribution in [3.8, 4) is 0 Å². The van der Waals surface area contributed by atoms with Crippen molar-refractivity contribution < 1.29 is 4.79 Å². The van der Waals surface area contributed by atoms with Gasteiger partial charge in [0.15, 0.2) is 10.9 Å². The van der Waals surface area contributed by atoms with Gasteiger partial charge in [0.2, 0.25) is 0 Å². The lowest BCUT2D eigenvalue weighted by molar-refractivity contribution is 0.102. The van der Waals surface area contributed by atoms with Crippen LogP contribution in [0.4, 0.5) is 0 Å². The van der Waals surface area contributed by atoms with Crippen LogP contribution in [0.2, 0.25) is 0 Å². The van der Waals surface area contributed by atoms with Gasteiger partial charge in [0.1, 0.15) is 0 Å². The third-order valence-corrected chi connectivity index (χ3v) is 5.98. The number of hydrogen-bond donors (Lipinski definition) is 0. The number of aromatic nitrogens is 3. The molecule has 0 atom stereocenters. The molecule has 0 spiro atoms. The molecule has 25 heavy (non-hydrogen) atoms. The van der Waals surface area contributed by atoms with Crippen LogP contribution in [-0.4, -0.2) is 25.7 Å². The molecule has 0 saturated heterocycles. The first-order chi connectivity index (χ1) is 11.8. The predicted molar refractivity (Wildman–Crippen MR) is 104 cm³/mol. The molecule has 0 N–H and O–H groups in total. The van der Waals surface area contributed by atoms with Gasteiger partial charge in [-0.3, -0.25) is 4.79 Å². The van der Waals surface area contributed by atoms with Crippen molar-refractivity contribution in [1.29, 1.82) is 0 Å². The molecular formula is C20H29N3OS. The number of aryl methyl sites for hydroxylation is 2. The van der Waals surface area contributed by atoms with Gasteiger partial charge >= 0.3 is 0 Å². The van der Waals surface area contributed by atoms with E-state index in [0.717, 1.165) is 28.7 Å². The summed E-state index contributed by atoms with van der Waals surface area (Å²) in [5.74, 6) is 1.21. The maximum Gasteiger partial charge on any atom is 0.175 e. The minimum absolute atomic E-state index is 0.208. The van der Waals surface area contributed by atoms with Crippen LogP contribution < -0.4 is 0 Å². The van der Waals surface area contributed by atoms with Crippen molar-refractivity contribution in [3.05, 3.63) is 34.4 Å². The van der Waals surface area contributed by atoms with Crippen molar-refractivity contribution in [3.63, 3.8) is 0 Å². The van der Waals surface area contributed by atoms with E-state index >= 15 is 0 Å². The Morgan fingerprint density at radius 1 is 1.24 bits per heavy atom. The average molecular weight is 360 g/mol. The van der Waals surface area contributed by atoms with Crippen LogP contribution in [0.5, 0.6) is 0 Å². The molecule has 2 aromatic rings. The fourth-order valence-electron chi connectivity index (χ4n) is 3.48. The zero-order valence-electron chi connectivity index (χ0n) is 16.2. The molecule has 4 nitrogen and oxygen atoms in total. The molecule has 5 heteroatoms. The van der Waals surface area contributed by atoms with Crippen LogP contribution in [0.1, 0.15) is 65.9 Å². The topological polar surface area (TPSA) is 39.8 Å². The average Bonchev–Trinajstić information content (AvgIpc) is 3.28. The monoisotopic (exact) mass is 359 g/mol. The Balaban J connectivity index is 1.75. The second kappa shape index (κ2) is 7.02. The quantitative estimate of drug-likeness (QED) is 0.522. The molecule has 0 radical (unpaired) electrons. The lowest BCUT2D eigenvalue weighted by atomic mass is 10.2. The lowest BCUT2D eigenvalue weighted by Gasteiger charge is -2.12. The van der Waals surface area contributed by atoms with Gasteiger partial charge in [0.05, 0.1) is 11.4 Å². The molecule has 0 aromatic carbocycles. The number of rotatable bonds is 7. The van der Waals surface area contributed by atoms with Gasteiger partial charge in [-0.05, 0) is 52.5 Å². The van der Waals surface area contributed by atoms with Crippen molar-refractivity contribution in [2.45, 2.75) is 72.1 Å². The van der Waals surface area contributed by atoms with Crippen molar-refractivity contribution in [2.24, 2.45) is 5.92 Å². The Bertz CT molecular complexity index is 796. The van der Waals surface area contributed by atoms with Crippen LogP contribution in [0.25, 0.3) is 0 Å². The molecule has 1 aliphatic carbocycles. The van der Waals surface area contributed by atoms with E-state index in [2.05, 4.69) is 54.8 Å². The molecule has 0 unspecified atom stereocenters. The Hall–Kier alpha value is -1.49. The molecule has 1 saturated carbocycles. The first-order valence-corrected chi connectivity index (χ1v) is 10.2. The highest BCUT2D eigenvalue weighted by Gasteiger charge is 2.28. The Morgan fingerprint density at radius 2 is 1.92 bits per heavy atom. The summed E-state index contributed by atoms with van der Waals surface area (Å²) in [5.41, 5.74) is 5.48. The first kappa shape index (κ1) is 18.3. The van der Waals surface area contributed by atoms with Crippen LogP contribution in [0.15, 0.2) is 11.2 Å². The minimum atomic E-state index is 0.208. The highest BCUT2D eigenvalue weighted by atomic mass is 32.2. The fourth-order valence-corrected chi connectivity index (χ4v) is 4.46. The van der Waals surface area contributed by atoms with E-state index in [0.29, 0.717) is 17.7 Å². The molecular weight excluding hydrogens is 330 g/mol. The predicted octanol–water partition coefficient (Wildman–Crippen LogP) is 4.88. The number of ketones is 1. The minimum Gasteiger partial charge on any atom is -0.345 e. The van der Waals surface area contributed by atoms with Gasteiger partial charge in [0.25, 0.3) is 0 Å². The number of imidazole rings is 1. The SMILES string of the molecule is Cc1nc(SCC(=O)c2cc(C)n(C3CC3)c2C)n(CC(C)C)c1C. The van der Waals surface area contributed by atoms with Gasteiger partial charge in [-0.1, -0.05) is 25.6 Å². The fraction of sp³-hybridized carbons (Fsp3) is 0.600. The largest absolute Gasteiger partial charge is 0.345 e. The zero-order chi connectivity index (χ0) is 18.3. The van der Waals surface area contributed by atoms with E-state index in [1.807, 2.05) is 6.92 Å². The third kappa shape index (κ3) is 3.71. The summed E-state index contributed by atoms with van der Waals surface area (Å²) < 4.78 is 4.59. The van der Waals surface area contributed by atoms with Gasteiger partial charge in [-0.2, -0.15) is 0 Å². The third-order valence-electron chi connectivity index (χ3n) is 5.00. The molecule has 1 fully saturated rings. The van der Waals surface area contributed by atoms with Crippen LogP contribution in [0.3, 0.4) is 0 Å². The van der Waals surface area contributed by atoms with E-state index in [1.54, 1.807) is 11.8 Å². The maximum atomic E-state index is 12.8. The van der Waals surface area contributed by atoms with E-state index in [-0.39, 0.29) is 5.78 Å². The maximum absolute atomic E-state index is 12.8. The first-order valence-electron chi connectivity index (χ1n) is 9.17. The summed E-state index contributed by atoms with van der Waals surface area (Å²) in [4.78, 5) is 17.5. The summed E-state index contributed by atoms with van der Waals surface area (Å²) in [6, 6.07) is 2.68. The van der Waals surface area contributed by atoms with Crippen LogP contribution in [0, 0.1) is 33.6 Å². The van der Waals surface area contributed by atoms with Crippen LogP contribution in [-0.2, 0) is 6.54 Å². The van der Waals surface area contributed by atoms with Gasteiger partial charge < -0.3 is 9.13 Å². The zero-order valence-corrected chi connectivity index (χ0v) is 17.0. The van der Waals surface area contributed by atoms with Crippen molar-refractivity contribution in [2.75, 3.05) is 5.75 Å². The molecule has 0 aliphatic heterocycles. The number of nitrogens with zero attached hydrogens (tertiary/aromatic N) is 3. The van der Waals surface area contributed by atoms with Crippen molar-refractivity contribution >= 4 is 17.5 Å². The van der Waals surface area contributed by atoms with Crippen LogP contribution >= 0.6 is 11.8 Å². The second-order valence-corrected chi connectivity index (χ2v) is 8.61. The molecule has 136 valence electrons. The molecule has 3 rings (SSSR count). The number of Topliss-reactive ketones (excluding diaryl/α,β-unsaturated/α-hetero) is 1. The summed E-state index contributed by atoms with van der Waals surface area (Å²) in [6.07, 6.45) is 2.48. The highest BCUT2D eigenvalue weighted by molar-refractivity contribution is 7.99. The molecule has 2 aromatic heterocycles.